The van der Waals surface area contributed by atoms with Crippen molar-refractivity contribution in [1.82, 2.24) is 5.32 Å². The van der Waals surface area contributed by atoms with Crippen molar-refractivity contribution in [2.75, 3.05) is 14.2 Å². The fourth-order valence-corrected chi connectivity index (χ4v) is 0.919. The van der Waals surface area contributed by atoms with Gasteiger partial charge >= 0.3 is 5.97 Å². The monoisotopic (exact) mass is 159 g/mol. The Kier molecular flexibility index (Phi) is 2.09. The topological polar surface area (TPSA) is 64.6 Å². The number of β-lactam (4-membered cyclic amide) rings is 1. The molecule has 2 atom stereocenters. The highest BCUT2D eigenvalue weighted by Gasteiger charge is 2.45. The van der Waals surface area contributed by atoms with E-state index in [1.807, 2.05) is 0 Å². The number of ether oxygens (including phenoxy) is 2. The molecule has 0 aromatic rings. The second-order valence-electron chi connectivity index (χ2n) is 2.17. The molecule has 1 saturated heterocycles. The quantitative estimate of drug-likeness (QED) is 0.400. The average Bonchev–Trinajstić information content (AvgIpc) is 1.99. The van der Waals surface area contributed by atoms with Crippen molar-refractivity contribution in [3.8, 4) is 0 Å². The summed E-state index contributed by atoms with van der Waals surface area (Å²) in [5, 5.41) is 2.36. The molecule has 5 nitrogen and oxygen atoms in total. The molecular weight excluding hydrogens is 150 g/mol. The molecule has 1 aliphatic rings. The van der Waals surface area contributed by atoms with Gasteiger partial charge in [-0.3, -0.25) is 4.79 Å². The van der Waals surface area contributed by atoms with Crippen LogP contribution in [0.5, 0.6) is 0 Å². The number of carbonyl (C=O) groups is 2. The Morgan fingerprint density at radius 2 is 2.18 bits per heavy atom. The van der Waals surface area contributed by atoms with Crippen LogP contribution in [0.15, 0.2) is 0 Å². The summed E-state index contributed by atoms with van der Waals surface area (Å²) in [5.41, 5.74) is 0. The molecule has 62 valence electrons. The molecule has 1 aliphatic heterocycles. The highest BCUT2D eigenvalue weighted by molar-refractivity contribution is 5.99. The van der Waals surface area contributed by atoms with E-state index in [4.69, 9.17) is 4.74 Å². The van der Waals surface area contributed by atoms with Crippen molar-refractivity contribution in [2.45, 2.75) is 12.1 Å². The largest absolute Gasteiger partial charge is 0.467 e. The van der Waals surface area contributed by atoms with E-state index in [9.17, 15) is 9.59 Å². The molecule has 0 aromatic heterocycles. The molecule has 5 heteroatoms. The zero-order valence-corrected chi connectivity index (χ0v) is 6.29. The first-order chi connectivity index (χ1) is 5.20. The van der Waals surface area contributed by atoms with Gasteiger partial charge in [0.2, 0.25) is 0 Å². The van der Waals surface area contributed by atoms with Crippen molar-refractivity contribution >= 4 is 11.9 Å². The number of rotatable bonds is 2. The molecule has 1 amide bonds. The molecule has 0 saturated carbocycles. The molecule has 1 N–H and O–H groups in total. The normalized spacial score (nSPS) is 28.7. The molecule has 1 heterocycles. The molecule has 0 spiro atoms. The van der Waals surface area contributed by atoms with Crippen molar-refractivity contribution in [2.24, 2.45) is 0 Å². The molecule has 2 unspecified atom stereocenters. The zero-order chi connectivity index (χ0) is 8.43. The Bertz CT molecular complexity index is 191. The van der Waals surface area contributed by atoms with Gasteiger partial charge in [-0.05, 0) is 0 Å². The van der Waals surface area contributed by atoms with Crippen LogP contribution in [-0.2, 0) is 19.1 Å². The first-order valence-corrected chi connectivity index (χ1v) is 3.11. The Morgan fingerprint density at radius 3 is 2.55 bits per heavy atom. The fraction of sp³-hybridized carbons (Fsp3) is 0.667. The summed E-state index contributed by atoms with van der Waals surface area (Å²) in [4.78, 5) is 21.4. The maximum atomic E-state index is 10.8. The number of esters is 1. The van der Waals surface area contributed by atoms with Gasteiger partial charge in [-0.2, -0.15) is 0 Å². The van der Waals surface area contributed by atoms with Crippen molar-refractivity contribution in [1.29, 1.82) is 0 Å². The average molecular weight is 159 g/mol. The van der Waals surface area contributed by atoms with Gasteiger partial charge in [0.1, 0.15) is 0 Å². The van der Waals surface area contributed by atoms with Gasteiger partial charge < -0.3 is 14.8 Å². The van der Waals surface area contributed by atoms with Crippen molar-refractivity contribution in [3.63, 3.8) is 0 Å². The first kappa shape index (κ1) is 8.00. The van der Waals surface area contributed by atoms with Crippen LogP contribution in [-0.4, -0.2) is 38.2 Å². The summed E-state index contributed by atoms with van der Waals surface area (Å²) in [6.45, 7) is 0. The van der Waals surface area contributed by atoms with Crippen LogP contribution in [0.3, 0.4) is 0 Å². The first-order valence-electron chi connectivity index (χ1n) is 3.11. The lowest BCUT2D eigenvalue weighted by molar-refractivity contribution is -0.162. The van der Waals surface area contributed by atoms with Crippen LogP contribution in [0.2, 0.25) is 0 Å². The van der Waals surface area contributed by atoms with Crippen LogP contribution < -0.4 is 5.32 Å². The van der Waals surface area contributed by atoms with Gasteiger partial charge in [0.05, 0.1) is 7.11 Å². The molecular formula is C6H9NO4. The van der Waals surface area contributed by atoms with Crippen LogP contribution in [0.25, 0.3) is 0 Å². The highest BCUT2D eigenvalue weighted by Crippen LogP contribution is 2.10. The number of hydrogen-bond donors (Lipinski definition) is 1. The van der Waals surface area contributed by atoms with Crippen molar-refractivity contribution < 1.29 is 19.1 Å². The number of carbonyl (C=O) groups excluding carboxylic acids is 2. The second kappa shape index (κ2) is 2.87. The Hall–Kier alpha value is -1.10. The summed E-state index contributed by atoms with van der Waals surface area (Å²) in [6, 6.07) is -0.627. The summed E-state index contributed by atoms with van der Waals surface area (Å²) < 4.78 is 9.12. The lowest BCUT2D eigenvalue weighted by Crippen LogP contribution is -2.66. The fourth-order valence-electron chi connectivity index (χ4n) is 0.919. The van der Waals surface area contributed by atoms with E-state index in [1.54, 1.807) is 0 Å². The zero-order valence-electron chi connectivity index (χ0n) is 6.29. The molecule has 1 rings (SSSR count). The summed E-state index contributed by atoms with van der Waals surface area (Å²) in [6.07, 6.45) is -0.678. The maximum absolute atomic E-state index is 10.8. The molecule has 0 aromatic carbocycles. The van der Waals surface area contributed by atoms with Crippen LogP contribution in [0.4, 0.5) is 0 Å². The third-order valence-corrected chi connectivity index (χ3v) is 1.57. The number of nitrogens with one attached hydrogen (secondary N) is 1. The Labute approximate surface area is 63.7 Å². The molecule has 11 heavy (non-hydrogen) atoms. The second-order valence-corrected chi connectivity index (χ2v) is 2.17. The number of methoxy groups -OCH3 is 2. The van der Waals surface area contributed by atoms with Gasteiger partial charge in [-0.25, -0.2) is 4.79 Å². The van der Waals surface area contributed by atoms with Gasteiger partial charge in [-0.15, -0.1) is 0 Å². The summed E-state index contributed by atoms with van der Waals surface area (Å²) in [7, 11) is 2.64. The molecule has 1 fully saturated rings. The van der Waals surface area contributed by atoms with Crippen LogP contribution >= 0.6 is 0 Å². The Morgan fingerprint density at radius 1 is 1.55 bits per heavy atom. The highest BCUT2D eigenvalue weighted by atomic mass is 16.5. The number of hydrogen-bond acceptors (Lipinski definition) is 4. The molecule has 0 radical (unpaired) electrons. The van der Waals surface area contributed by atoms with Gasteiger partial charge in [0, 0.05) is 7.11 Å². The predicted octanol–water partition coefficient (Wildman–Crippen LogP) is -1.33. The smallest absolute Gasteiger partial charge is 0.331 e. The third kappa shape index (κ3) is 1.19. The van der Waals surface area contributed by atoms with E-state index < -0.39 is 18.1 Å². The van der Waals surface area contributed by atoms with Gasteiger partial charge in [0.15, 0.2) is 12.1 Å². The molecule has 0 bridgehead atoms. The lowest BCUT2D eigenvalue weighted by atomic mass is 10.0. The predicted molar refractivity (Wildman–Crippen MR) is 34.7 cm³/mol. The van der Waals surface area contributed by atoms with E-state index in [2.05, 4.69) is 10.1 Å². The van der Waals surface area contributed by atoms with E-state index in [0.29, 0.717) is 0 Å². The maximum Gasteiger partial charge on any atom is 0.331 e. The summed E-state index contributed by atoms with van der Waals surface area (Å²) in [5.74, 6) is -0.751. The van der Waals surface area contributed by atoms with Crippen molar-refractivity contribution in [3.05, 3.63) is 0 Å². The van der Waals surface area contributed by atoms with Crippen LogP contribution in [0, 0.1) is 0 Å². The van der Waals surface area contributed by atoms with E-state index in [0.717, 1.165) is 0 Å². The van der Waals surface area contributed by atoms with Crippen LogP contribution in [0.1, 0.15) is 0 Å². The lowest BCUT2D eigenvalue weighted by Gasteiger charge is -2.32. The minimum Gasteiger partial charge on any atom is -0.467 e. The molecule has 0 aliphatic carbocycles. The Balaban J connectivity index is 2.51. The SMILES string of the molecule is COC(=O)C1NC(=O)C1OC. The van der Waals surface area contributed by atoms with E-state index in [1.165, 1.54) is 14.2 Å². The minimum atomic E-state index is -0.678. The van der Waals surface area contributed by atoms with E-state index in [-0.39, 0.29) is 5.91 Å². The number of amides is 1. The van der Waals surface area contributed by atoms with Gasteiger partial charge in [-0.1, -0.05) is 0 Å². The third-order valence-electron chi connectivity index (χ3n) is 1.57. The minimum absolute atomic E-state index is 0.275. The van der Waals surface area contributed by atoms with E-state index >= 15 is 0 Å². The summed E-state index contributed by atoms with van der Waals surface area (Å²) >= 11 is 0. The van der Waals surface area contributed by atoms with Gasteiger partial charge in [0.25, 0.3) is 5.91 Å². The standard InChI is InChI=1S/C6H9NO4/c1-10-4-3(6(9)11-2)7-5(4)8/h3-4H,1-2H3,(H,7,8).